The van der Waals surface area contributed by atoms with Gasteiger partial charge in [0.1, 0.15) is 5.82 Å². The number of nitriles is 1. The Kier molecular flexibility index (Phi) is 4.69. The second-order valence-electron chi connectivity index (χ2n) is 4.50. The molecule has 1 amide bonds. The van der Waals surface area contributed by atoms with E-state index in [0.29, 0.717) is 30.9 Å². The first kappa shape index (κ1) is 14.8. The molecule has 3 N–H and O–H groups in total. The predicted octanol–water partition coefficient (Wildman–Crippen LogP) is 1.90. The molecular formula is C15H17N5O. The van der Waals surface area contributed by atoms with E-state index in [2.05, 4.69) is 16.5 Å². The quantitative estimate of drug-likeness (QED) is 0.645. The highest BCUT2D eigenvalue weighted by Gasteiger charge is 2.18. The number of carbonyl (C=O) groups excluding carboxylic acids is 1. The van der Waals surface area contributed by atoms with Crippen LogP contribution < -0.4 is 11.3 Å². The van der Waals surface area contributed by atoms with Crippen LogP contribution in [0.15, 0.2) is 30.5 Å². The normalized spacial score (nSPS) is 10.1. The Labute approximate surface area is 123 Å². The summed E-state index contributed by atoms with van der Waals surface area (Å²) in [6.45, 7) is 2.85. The van der Waals surface area contributed by atoms with Crippen LogP contribution in [0, 0.1) is 11.3 Å². The lowest BCUT2D eigenvalue weighted by atomic mass is 10.1. The third kappa shape index (κ3) is 2.93. The highest BCUT2D eigenvalue weighted by molar-refractivity contribution is 6.09. The lowest BCUT2D eigenvalue weighted by Crippen LogP contribution is -2.32. The number of fused-ring (bicyclic) bond motifs is 1. The Morgan fingerprint density at radius 1 is 1.43 bits per heavy atom. The van der Waals surface area contributed by atoms with Crippen LogP contribution in [0.2, 0.25) is 0 Å². The van der Waals surface area contributed by atoms with Crippen molar-refractivity contribution in [2.45, 2.75) is 13.3 Å². The van der Waals surface area contributed by atoms with Gasteiger partial charge in [-0.2, -0.15) is 5.26 Å². The number of amides is 1. The number of nitrogens with two attached hydrogens (primary N) is 1. The van der Waals surface area contributed by atoms with Crippen LogP contribution in [0.4, 0.5) is 5.82 Å². The number of nitrogen functional groups attached to an aromatic ring is 1. The van der Waals surface area contributed by atoms with Crippen LogP contribution in [0.5, 0.6) is 0 Å². The fourth-order valence-corrected chi connectivity index (χ4v) is 2.24. The second kappa shape index (κ2) is 6.68. The molecule has 0 aliphatic heterocycles. The molecule has 2 rings (SSSR count). The van der Waals surface area contributed by atoms with E-state index in [1.807, 2.05) is 31.2 Å². The third-order valence-corrected chi connectivity index (χ3v) is 3.32. The smallest absolute Gasteiger partial charge is 0.256 e. The summed E-state index contributed by atoms with van der Waals surface area (Å²) in [6.07, 6.45) is 1.84. The molecule has 0 radical (unpaired) electrons. The van der Waals surface area contributed by atoms with E-state index in [1.165, 1.54) is 6.20 Å². The van der Waals surface area contributed by atoms with E-state index in [1.54, 1.807) is 4.90 Å². The summed E-state index contributed by atoms with van der Waals surface area (Å²) in [5, 5.41) is 10.3. The van der Waals surface area contributed by atoms with Crippen LogP contribution >= 0.6 is 0 Å². The van der Waals surface area contributed by atoms with Crippen LogP contribution in [0.1, 0.15) is 23.7 Å². The molecule has 0 spiro atoms. The van der Waals surface area contributed by atoms with Gasteiger partial charge in [-0.25, -0.2) is 10.8 Å². The zero-order valence-electron chi connectivity index (χ0n) is 11.8. The Morgan fingerprint density at radius 3 is 2.76 bits per heavy atom. The number of hydrogen-bond donors (Lipinski definition) is 2. The number of hydrazine groups is 1. The van der Waals surface area contributed by atoms with Crippen LogP contribution in [0.3, 0.4) is 0 Å². The number of aromatic nitrogens is 1. The molecule has 21 heavy (non-hydrogen) atoms. The number of nitrogens with zero attached hydrogens (tertiary/aromatic N) is 3. The lowest BCUT2D eigenvalue weighted by molar-refractivity contribution is 0.0769. The molecule has 0 fully saturated rings. The van der Waals surface area contributed by atoms with Gasteiger partial charge >= 0.3 is 0 Å². The summed E-state index contributed by atoms with van der Waals surface area (Å²) < 4.78 is 0. The van der Waals surface area contributed by atoms with Gasteiger partial charge in [-0.1, -0.05) is 24.3 Å². The molecular weight excluding hydrogens is 266 g/mol. The van der Waals surface area contributed by atoms with E-state index in [0.717, 1.165) is 10.8 Å². The van der Waals surface area contributed by atoms with Crippen LogP contribution in [-0.2, 0) is 0 Å². The van der Waals surface area contributed by atoms with Gasteiger partial charge in [0.15, 0.2) is 0 Å². The number of carbonyl (C=O) groups is 1. The van der Waals surface area contributed by atoms with Crippen molar-refractivity contribution in [3.8, 4) is 6.07 Å². The number of hydrogen-bond acceptors (Lipinski definition) is 5. The fourth-order valence-electron chi connectivity index (χ4n) is 2.24. The molecule has 108 valence electrons. The second-order valence-corrected chi connectivity index (χ2v) is 4.50. The largest absolute Gasteiger partial charge is 0.338 e. The van der Waals surface area contributed by atoms with Gasteiger partial charge in [0.2, 0.25) is 0 Å². The molecule has 0 unspecified atom stereocenters. The Hall–Kier alpha value is -2.65. The molecule has 1 aromatic heterocycles. The average Bonchev–Trinajstić information content (AvgIpc) is 2.54. The summed E-state index contributed by atoms with van der Waals surface area (Å²) in [5.41, 5.74) is 3.05. The first-order valence-electron chi connectivity index (χ1n) is 6.73. The fraction of sp³-hybridized carbons (Fsp3) is 0.267. The summed E-state index contributed by atoms with van der Waals surface area (Å²) in [7, 11) is 0. The highest BCUT2D eigenvalue weighted by atomic mass is 16.2. The predicted molar refractivity (Wildman–Crippen MR) is 81.4 cm³/mol. The molecule has 1 aromatic carbocycles. The van der Waals surface area contributed by atoms with Gasteiger partial charge in [0.05, 0.1) is 18.1 Å². The molecule has 0 saturated heterocycles. The molecule has 1 heterocycles. The SMILES string of the molecule is CCN(CCC#N)C(=O)c1cnc(NN)c2ccccc12. The van der Waals surface area contributed by atoms with E-state index < -0.39 is 0 Å². The van der Waals surface area contributed by atoms with Crippen molar-refractivity contribution in [1.29, 1.82) is 5.26 Å². The van der Waals surface area contributed by atoms with Gasteiger partial charge in [0, 0.05) is 24.7 Å². The standard InChI is InChI=1S/C15H17N5O/c1-2-20(9-5-8-16)15(21)13-10-18-14(19-17)12-7-4-3-6-11(12)13/h3-4,6-7,10H,2,5,9,17H2,1H3,(H,18,19). The average molecular weight is 283 g/mol. The van der Waals surface area contributed by atoms with E-state index in [-0.39, 0.29) is 5.91 Å². The topological polar surface area (TPSA) is 95.0 Å². The zero-order valence-corrected chi connectivity index (χ0v) is 11.8. The minimum absolute atomic E-state index is 0.125. The van der Waals surface area contributed by atoms with E-state index in [4.69, 9.17) is 11.1 Å². The molecule has 0 bridgehead atoms. The lowest BCUT2D eigenvalue weighted by Gasteiger charge is -2.20. The Bertz CT molecular complexity index is 692. The van der Waals surface area contributed by atoms with Gasteiger partial charge in [0.25, 0.3) is 5.91 Å². The summed E-state index contributed by atoms with van der Waals surface area (Å²) >= 11 is 0. The zero-order chi connectivity index (χ0) is 15.2. The summed E-state index contributed by atoms with van der Waals surface area (Å²) in [6, 6.07) is 9.52. The van der Waals surface area contributed by atoms with Gasteiger partial charge < -0.3 is 10.3 Å². The summed E-state index contributed by atoms with van der Waals surface area (Å²) in [4.78, 5) is 18.5. The highest BCUT2D eigenvalue weighted by Crippen LogP contribution is 2.24. The van der Waals surface area contributed by atoms with Crippen molar-refractivity contribution in [3.05, 3.63) is 36.0 Å². The van der Waals surface area contributed by atoms with E-state index >= 15 is 0 Å². The van der Waals surface area contributed by atoms with Crippen LogP contribution in [-0.4, -0.2) is 28.9 Å². The van der Waals surface area contributed by atoms with Crippen LogP contribution in [0.25, 0.3) is 10.8 Å². The molecule has 2 aromatic rings. The number of rotatable bonds is 5. The Morgan fingerprint density at radius 2 is 2.14 bits per heavy atom. The monoisotopic (exact) mass is 283 g/mol. The van der Waals surface area contributed by atoms with Crippen molar-refractivity contribution in [2.24, 2.45) is 5.84 Å². The molecule has 6 heteroatoms. The number of anilines is 1. The molecule has 0 atom stereocenters. The van der Waals surface area contributed by atoms with Crippen molar-refractivity contribution >= 4 is 22.5 Å². The minimum atomic E-state index is -0.125. The molecule has 0 saturated carbocycles. The first-order chi connectivity index (χ1) is 10.2. The van der Waals surface area contributed by atoms with Crippen molar-refractivity contribution in [3.63, 3.8) is 0 Å². The third-order valence-electron chi connectivity index (χ3n) is 3.32. The van der Waals surface area contributed by atoms with Gasteiger partial charge in [-0.3, -0.25) is 4.79 Å². The molecule has 6 nitrogen and oxygen atoms in total. The molecule has 0 aliphatic rings. The first-order valence-corrected chi connectivity index (χ1v) is 6.73. The van der Waals surface area contributed by atoms with Gasteiger partial charge in [-0.15, -0.1) is 0 Å². The van der Waals surface area contributed by atoms with Crippen molar-refractivity contribution in [1.82, 2.24) is 9.88 Å². The van der Waals surface area contributed by atoms with Gasteiger partial charge in [-0.05, 0) is 12.3 Å². The number of benzene rings is 1. The molecule has 0 aliphatic carbocycles. The van der Waals surface area contributed by atoms with E-state index in [9.17, 15) is 4.79 Å². The number of nitrogens with one attached hydrogen (secondary N) is 1. The Balaban J connectivity index is 2.47. The maximum atomic E-state index is 12.6. The maximum absolute atomic E-state index is 12.6. The van der Waals surface area contributed by atoms with Crippen molar-refractivity contribution in [2.75, 3.05) is 18.5 Å². The van der Waals surface area contributed by atoms with Crippen molar-refractivity contribution < 1.29 is 4.79 Å². The summed E-state index contributed by atoms with van der Waals surface area (Å²) in [5.74, 6) is 5.85. The maximum Gasteiger partial charge on any atom is 0.256 e. The number of pyridine rings is 1. The minimum Gasteiger partial charge on any atom is -0.338 e.